The first-order chi connectivity index (χ1) is 11.8. The number of aliphatic hydroxyl groups is 7. The number of rotatable bonds is 6. The summed E-state index contributed by atoms with van der Waals surface area (Å²) in [7, 11) is 0. The normalized spacial score (nSPS) is 48.5. The van der Waals surface area contributed by atoms with Crippen LogP contribution in [-0.2, 0) is 18.9 Å². The standard InChI is InChI=1S/C14H26O11/c1-2-22-13-11(21)9(19)12(6(4-16)24-13)25-14-10(20)8(18)7(17)5(3-15)23-14/h5-21H,2-4H2,1H3/t5-,6-,7-,8+,9-,10-,11-,12-,13+,14-/m1/s1. The Morgan fingerprint density at radius 3 is 1.84 bits per heavy atom. The number of ether oxygens (including phenoxy) is 4. The molecule has 10 atom stereocenters. The van der Waals surface area contributed by atoms with Gasteiger partial charge in [-0.3, -0.25) is 0 Å². The fourth-order valence-electron chi connectivity index (χ4n) is 2.86. The highest BCUT2D eigenvalue weighted by Crippen LogP contribution is 2.29. The second-order valence-corrected chi connectivity index (χ2v) is 5.96. The molecule has 2 aliphatic rings. The number of hydrogen-bond donors (Lipinski definition) is 7. The van der Waals surface area contributed by atoms with Crippen LogP contribution in [0.5, 0.6) is 0 Å². The van der Waals surface area contributed by atoms with E-state index in [0.717, 1.165) is 0 Å². The Balaban J connectivity index is 2.11. The minimum atomic E-state index is -1.69. The second kappa shape index (κ2) is 8.97. The summed E-state index contributed by atoms with van der Waals surface area (Å²) in [6.45, 7) is 0.625. The molecule has 148 valence electrons. The van der Waals surface area contributed by atoms with E-state index in [-0.39, 0.29) is 6.61 Å². The average Bonchev–Trinajstić information content (AvgIpc) is 2.61. The number of hydrogen-bond acceptors (Lipinski definition) is 11. The minimum absolute atomic E-state index is 0.199. The summed E-state index contributed by atoms with van der Waals surface area (Å²) < 4.78 is 21.1. The summed E-state index contributed by atoms with van der Waals surface area (Å²) in [5.74, 6) is 0. The SMILES string of the molecule is CCO[C@H]1O[C@H](CO)[C@@H](O[C@H]2O[C@H](CO)[C@@H](O)[C@H](O)[C@H]2O)[C@H](O)[C@H]1O. The van der Waals surface area contributed by atoms with Gasteiger partial charge in [-0.2, -0.15) is 0 Å². The Morgan fingerprint density at radius 1 is 0.720 bits per heavy atom. The fourth-order valence-corrected chi connectivity index (χ4v) is 2.86. The lowest BCUT2D eigenvalue weighted by Crippen LogP contribution is -2.64. The van der Waals surface area contributed by atoms with Crippen LogP contribution in [-0.4, -0.2) is 117 Å². The zero-order valence-corrected chi connectivity index (χ0v) is 13.7. The molecule has 0 aromatic heterocycles. The van der Waals surface area contributed by atoms with Gasteiger partial charge in [0.05, 0.1) is 13.2 Å². The van der Waals surface area contributed by atoms with Crippen molar-refractivity contribution in [1.82, 2.24) is 0 Å². The third-order valence-electron chi connectivity index (χ3n) is 4.29. The largest absolute Gasteiger partial charge is 0.394 e. The van der Waals surface area contributed by atoms with Crippen LogP contribution in [0, 0.1) is 0 Å². The van der Waals surface area contributed by atoms with Crippen molar-refractivity contribution >= 4 is 0 Å². The topological polar surface area (TPSA) is 179 Å². The molecule has 0 bridgehead atoms. The maximum atomic E-state index is 10.2. The smallest absolute Gasteiger partial charge is 0.187 e. The Bertz CT molecular complexity index is 406. The lowest BCUT2D eigenvalue weighted by molar-refractivity contribution is -0.359. The first-order valence-corrected chi connectivity index (χ1v) is 8.05. The van der Waals surface area contributed by atoms with Crippen LogP contribution >= 0.6 is 0 Å². The summed E-state index contributed by atoms with van der Waals surface area (Å²) in [4.78, 5) is 0. The fraction of sp³-hybridized carbons (Fsp3) is 1.00. The number of aliphatic hydroxyl groups excluding tert-OH is 7. The molecule has 2 rings (SSSR count). The van der Waals surface area contributed by atoms with Gasteiger partial charge in [-0.1, -0.05) is 0 Å². The highest BCUT2D eigenvalue weighted by atomic mass is 16.7. The van der Waals surface area contributed by atoms with Crippen molar-refractivity contribution in [3.8, 4) is 0 Å². The van der Waals surface area contributed by atoms with Gasteiger partial charge in [-0.15, -0.1) is 0 Å². The van der Waals surface area contributed by atoms with Crippen molar-refractivity contribution in [2.75, 3.05) is 19.8 Å². The Hall–Kier alpha value is -0.440. The summed E-state index contributed by atoms with van der Waals surface area (Å²) in [6, 6.07) is 0. The van der Waals surface area contributed by atoms with Gasteiger partial charge in [0, 0.05) is 6.61 Å². The summed E-state index contributed by atoms with van der Waals surface area (Å²) in [6.07, 6.45) is -14.3. The van der Waals surface area contributed by atoms with Crippen molar-refractivity contribution < 1.29 is 54.7 Å². The van der Waals surface area contributed by atoms with Crippen molar-refractivity contribution in [3.05, 3.63) is 0 Å². The van der Waals surface area contributed by atoms with Crippen LogP contribution in [0.15, 0.2) is 0 Å². The molecule has 0 unspecified atom stereocenters. The molecule has 0 aliphatic carbocycles. The second-order valence-electron chi connectivity index (χ2n) is 5.96. The molecule has 11 heteroatoms. The van der Waals surface area contributed by atoms with Gasteiger partial charge in [-0.05, 0) is 6.92 Å². The molecule has 7 N–H and O–H groups in total. The van der Waals surface area contributed by atoms with E-state index in [1.54, 1.807) is 6.92 Å². The summed E-state index contributed by atoms with van der Waals surface area (Å²) in [5, 5.41) is 68.4. The molecule has 2 heterocycles. The van der Waals surface area contributed by atoms with Crippen LogP contribution in [0.3, 0.4) is 0 Å². The predicted octanol–water partition coefficient (Wildman–Crippen LogP) is -4.35. The molecule has 0 saturated carbocycles. The molecule has 2 aliphatic heterocycles. The van der Waals surface area contributed by atoms with E-state index in [1.165, 1.54) is 0 Å². The van der Waals surface area contributed by atoms with Crippen molar-refractivity contribution in [2.45, 2.75) is 68.3 Å². The van der Waals surface area contributed by atoms with E-state index in [1.807, 2.05) is 0 Å². The van der Waals surface area contributed by atoms with E-state index in [2.05, 4.69) is 0 Å². The molecule has 0 aromatic rings. The van der Waals surface area contributed by atoms with E-state index in [9.17, 15) is 35.7 Å². The molecule has 0 amide bonds. The van der Waals surface area contributed by atoms with Crippen LogP contribution in [0.2, 0.25) is 0 Å². The minimum Gasteiger partial charge on any atom is -0.394 e. The van der Waals surface area contributed by atoms with Crippen molar-refractivity contribution in [1.29, 1.82) is 0 Å². The third kappa shape index (κ3) is 4.28. The molecule has 25 heavy (non-hydrogen) atoms. The summed E-state index contributed by atoms with van der Waals surface area (Å²) in [5.41, 5.74) is 0. The Morgan fingerprint density at radius 2 is 1.28 bits per heavy atom. The molecule has 2 fully saturated rings. The quantitative estimate of drug-likeness (QED) is 0.240. The monoisotopic (exact) mass is 370 g/mol. The van der Waals surface area contributed by atoms with Crippen molar-refractivity contribution in [3.63, 3.8) is 0 Å². The van der Waals surface area contributed by atoms with E-state index in [4.69, 9.17) is 18.9 Å². The molecular weight excluding hydrogens is 344 g/mol. The highest BCUT2D eigenvalue weighted by Gasteiger charge is 2.50. The third-order valence-corrected chi connectivity index (χ3v) is 4.29. The van der Waals surface area contributed by atoms with Gasteiger partial charge < -0.3 is 54.7 Å². The van der Waals surface area contributed by atoms with E-state index >= 15 is 0 Å². The lowest BCUT2D eigenvalue weighted by Gasteiger charge is -2.45. The molecule has 11 nitrogen and oxygen atoms in total. The molecule has 2 saturated heterocycles. The zero-order valence-electron chi connectivity index (χ0n) is 13.7. The van der Waals surface area contributed by atoms with Crippen LogP contribution in [0.4, 0.5) is 0 Å². The van der Waals surface area contributed by atoms with Gasteiger partial charge in [0.25, 0.3) is 0 Å². The van der Waals surface area contributed by atoms with Gasteiger partial charge in [-0.25, -0.2) is 0 Å². The van der Waals surface area contributed by atoms with Crippen LogP contribution in [0.1, 0.15) is 6.92 Å². The lowest BCUT2D eigenvalue weighted by atomic mass is 9.97. The van der Waals surface area contributed by atoms with Crippen LogP contribution < -0.4 is 0 Å². The van der Waals surface area contributed by atoms with Gasteiger partial charge in [0.2, 0.25) is 0 Å². The Kier molecular flexibility index (Phi) is 7.49. The van der Waals surface area contributed by atoms with Gasteiger partial charge >= 0.3 is 0 Å². The van der Waals surface area contributed by atoms with Gasteiger partial charge in [0.1, 0.15) is 48.8 Å². The predicted molar refractivity (Wildman–Crippen MR) is 78.0 cm³/mol. The maximum absolute atomic E-state index is 10.2. The summed E-state index contributed by atoms with van der Waals surface area (Å²) >= 11 is 0. The van der Waals surface area contributed by atoms with Crippen molar-refractivity contribution in [2.24, 2.45) is 0 Å². The average molecular weight is 370 g/mol. The van der Waals surface area contributed by atoms with Gasteiger partial charge in [0.15, 0.2) is 12.6 Å². The molecule has 0 aromatic carbocycles. The van der Waals surface area contributed by atoms with E-state index in [0.29, 0.717) is 0 Å². The van der Waals surface area contributed by atoms with Crippen LogP contribution in [0.25, 0.3) is 0 Å². The zero-order chi connectivity index (χ0) is 18.7. The maximum Gasteiger partial charge on any atom is 0.187 e. The molecule has 0 spiro atoms. The van der Waals surface area contributed by atoms with E-state index < -0.39 is 74.6 Å². The molecule has 0 radical (unpaired) electrons. The highest BCUT2D eigenvalue weighted by molar-refractivity contribution is 4.93. The first-order valence-electron chi connectivity index (χ1n) is 8.05. The Labute approximate surface area is 143 Å². The first kappa shape index (κ1) is 20.9. The molecular formula is C14H26O11.